The molecule has 0 amide bonds. The maximum Gasteiger partial charge on any atom is 0.340 e. The molecular formula is C48H59NO13. The number of aromatic hydroxyl groups is 3. The first-order chi connectivity index (χ1) is 28.7. The number of fused-ring (bicyclic) bond motifs is 2. The van der Waals surface area contributed by atoms with Crippen molar-refractivity contribution in [3.8, 4) is 28.7 Å². The maximum atomic E-state index is 14.7. The molecule has 2 aromatic carbocycles. The zero-order valence-electron chi connectivity index (χ0n) is 36.8. The molecule has 0 saturated carbocycles. The zero-order valence-corrected chi connectivity index (χ0v) is 36.8. The molecule has 14 heteroatoms. The zero-order chi connectivity index (χ0) is 46.3. The smallest absolute Gasteiger partial charge is 0.340 e. The standard InChI is InChI=1S/C38H46O9.C10H13NO4/c1-21(2)11-10-18-36(8)19-17-24-29(39)28-30(40)26-12-9-13-27-35(6,7)47-37(34(43)44,20-16-23(5)33(41)42)38(26,27)46-32(28)25(31(24)45-36)15-14-22(3)4;1-10(11,9(14)15)5-6-2-3-7(12)8(13)4-6/h11-12,14,16-17,19,27,39H,9-10,13,15,18,20H2,1-8H3,(H,41,42)(H,43,44);2-4,12-13H,5,11H2,1H3,(H,14,15). The molecule has 334 valence electrons. The van der Waals surface area contributed by atoms with Crippen LogP contribution in [0, 0.1) is 5.92 Å². The Morgan fingerprint density at radius 3 is 2.16 bits per heavy atom. The molecule has 5 unspecified atom stereocenters. The summed E-state index contributed by atoms with van der Waals surface area (Å²) in [5, 5.41) is 59.4. The number of hydrogen-bond donors (Lipinski definition) is 7. The highest BCUT2D eigenvalue weighted by atomic mass is 16.6. The van der Waals surface area contributed by atoms with E-state index in [0.29, 0.717) is 48.1 Å². The van der Waals surface area contributed by atoms with Gasteiger partial charge in [-0.2, -0.15) is 0 Å². The van der Waals surface area contributed by atoms with Gasteiger partial charge in [0.05, 0.1) is 11.2 Å². The lowest BCUT2D eigenvalue weighted by Crippen LogP contribution is -2.66. The van der Waals surface area contributed by atoms with Crippen LogP contribution in [-0.4, -0.2) is 82.3 Å². The topological polar surface area (TPSA) is 243 Å². The number of carboxylic acids is 3. The minimum Gasteiger partial charge on any atom is -0.506 e. The predicted molar refractivity (Wildman–Crippen MR) is 232 cm³/mol. The highest BCUT2D eigenvalue weighted by Crippen LogP contribution is 2.64. The van der Waals surface area contributed by atoms with Crippen molar-refractivity contribution in [1.29, 1.82) is 0 Å². The molecule has 14 nitrogen and oxygen atoms in total. The number of carboxylic acid groups (broad SMARTS) is 3. The molecule has 0 aromatic heterocycles. The van der Waals surface area contributed by atoms with Crippen LogP contribution in [-0.2, 0) is 32.0 Å². The van der Waals surface area contributed by atoms with E-state index in [0.717, 1.165) is 12.0 Å². The van der Waals surface area contributed by atoms with Crippen LogP contribution < -0.4 is 15.2 Å². The van der Waals surface area contributed by atoms with Gasteiger partial charge in [0.2, 0.25) is 5.60 Å². The second-order valence-electron chi connectivity index (χ2n) is 18.2. The maximum absolute atomic E-state index is 14.7. The van der Waals surface area contributed by atoms with Gasteiger partial charge in [-0.25, -0.2) is 9.59 Å². The first-order valence-electron chi connectivity index (χ1n) is 20.6. The van der Waals surface area contributed by atoms with Crippen molar-refractivity contribution in [3.05, 3.63) is 93.1 Å². The third-order valence-corrected chi connectivity index (χ3v) is 12.1. The van der Waals surface area contributed by atoms with Gasteiger partial charge in [-0.05, 0) is 124 Å². The Labute approximate surface area is 361 Å². The molecule has 3 heterocycles. The van der Waals surface area contributed by atoms with Gasteiger partial charge in [0.25, 0.3) is 0 Å². The minimum atomic E-state index is -2.16. The van der Waals surface area contributed by atoms with Crippen LogP contribution >= 0.6 is 0 Å². The molecule has 8 N–H and O–H groups in total. The van der Waals surface area contributed by atoms with E-state index in [1.165, 1.54) is 43.7 Å². The highest BCUT2D eigenvalue weighted by Gasteiger charge is 2.77. The van der Waals surface area contributed by atoms with Crippen LogP contribution in [0.2, 0.25) is 0 Å². The molecule has 3 aliphatic heterocycles. The molecule has 1 spiro atoms. The molecule has 6 rings (SSSR count). The normalized spacial score (nSPS) is 25.1. The van der Waals surface area contributed by atoms with Crippen LogP contribution in [0.1, 0.15) is 121 Å². The Morgan fingerprint density at radius 1 is 0.919 bits per heavy atom. The SMILES string of the molecule is CC(C)=CCCC1(C)C=Cc2c(O)c3c(c(CC=C(C)C)c2O1)OC12C(=CCCC1C(C)(C)OC2(CC=C(C)C(=O)O)C(=O)O)C3=O.CC(N)(Cc1ccc(O)c(O)c1)C(=O)O. The van der Waals surface area contributed by atoms with Crippen molar-refractivity contribution in [2.24, 2.45) is 11.7 Å². The van der Waals surface area contributed by atoms with Crippen LogP contribution in [0.4, 0.5) is 0 Å². The summed E-state index contributed by atoms with van der Waals surface area (Å²) >= 11 is 0. The fourth-order valence-electron chi connectivity index (χ4n) is 8.84. The predicted octanol–water partition coefficient (Wildman–Crippen LogP) is 7.96. The summed E-state index contributed by atoms with van der Waals surface area (Å²) in [5.74, 6) is -5.17. The Kier molecular flexibility index (Phi) is 13.0. The number of nitrogens with two attached hydrogens (primary N) is 1. The van der Waals surface area contributed by atoms with Crippen molar-refractivity contribution in [3.63, 3.8) is 0 Å². The Balaban J connectivity index is 0.000000409. The second kappa shape index (κ2) is 17.1. The summed E-state index contributed by atoms with van der Waals surface area (Å²) in [6.07, 6.45) is 13.2. The lowest BCUT2D eigenvalue weighted by atomic mass is 9.60. The van der Waals surface area contributed by atoms with Gasteiger partial charge in [0.15, 0.2) is 22.9 Å². The van der Waals surface area contributed by atoms with Gasteiger partial charge in [-0.1, -0.05) is 41.5 Å². The van der Waals surface area contributed by atoms with Gasteiger partial charge in [-0.15, -0.1) is 0 Å². The average molecular weight is 858 g/mol. The van der Waals surface area contributed by atoms with Gasteiger partial charge < -0.3 is 50.6 Å². The van der Waals surface area contributed by atoms with E-state index in [2.05, 4.69) is 6.08 Å². The van der Waals surface area contributed by atoms with Crippen molar-refractivity contribution in [2.45, 2.75) is 135 Å². The quantitative estimate of drug-likeness (QED) is 0.0609. The number of carbonyl (C=O) groups excluding carboxylic acids is 1. The number of rotatable bonds is 12. The number of ether oxygens (including phenoxy) is 3. The fourth-order valence-corrected chi connectivity index (χ4v) is 8.84. The third-order valence-electron chi connectivity index (χ3n) is 12.1. The second-order valence-corrected chi connectivity index (χ2v) is 18.2. The van der Waals surface area contributed by atoms with E-state index in [1.807, 2.05) is 46.8 Å². The molecule has 1 saturated heterocycles. The Bertz CT molecular complexity index is 2340. The summed E-state index contributed by atoms with van der Waals surface area (Å²) in [6, 6.07) is 4.11. The monoisotopic (exact) mass is 857 g/mol. The van der Waals surface area contributed by atoms with Gasteiger partial charge in [0, 0.05) is 35.5 Å². The third kappa shape index (κ3) is 8.62. The van der Waals surface area contributed by atoms with E-state index in [1.54, 1.807) is 26.0 Å². The molecule has 62 heavy (non-hydrogen) atoms. The average Bonchev–Trinajstić information content (AvgIpc) is 3.37. The summed E-state index contributed by atoms with van der Waals surface area (Å²) < 4.78 is 20.2. The van der Waals surface area contributed by atoms with Gasteiger partial charge in [-0.3, -0.25) is 9.59 Å². The van der Waals surface area contributed by atoms with E-state index >= 15 is 0 Å². The number of ketones is 1. The first-order valence-corrected chi connectivity index (χ1v) is 20.6. The molecule has 4 aliphatic rings. The number of carbonyl (C=O) groups is 4. The van der Waals surface area contributed by atoms with Crippen LogP contribution in [0.15, 0.2) is 70.9 Å². The molecule has 2 aromatic rings. The fraction of sp³-hybridized carbons (Fsp3) is 0.458. The number of aliphatic carboxylic acids is 3. The number of allylic oxidation sites excluding steroid dienone is 5. The molecule has 0 radical (unpaired) electrons. The van der Waals surface area contributed by atoms with Gasteiger partial charge in [0.1, 0.15) is 34.0 Å². The lowest BCUT2D eigenvalue weighted by Gasteiger charge is -2.50. The number of hydrogen-bond acceptors (Lipinski definition) is 11. The summed E-state index contributed by atoms with van der Waals surface area (Å²) in [4.78, 5) is 50.8. The first kappa shape index (κ1) is 47.2. The highest BCUT2D eigenvalue weighted by molar-refractivity contribution is 6.17. The van der Waals surface area contributed by atoms with E-state index in [4.69, 9.17) is 30.2 Å². The van der Waals surface area contributed by atoms with Crippen molar-refractivity contribution in [2.75, 3.05) is 0 Å². The van der Waals surface area contributed by atoms with Crippen molar-refractivity contribution >= 4 is 29.8 Å². The number of phenolic OH excluding ortho intramolecular Hbond substituents is 3. The summed E-state index contributed by atoms with van der Waals surface area (Å²) in [5.41, 5.74) is 2.04. The van der Waals surface area contributed by atoms with E-state index in [9.17, 15) is 39.6 Å². The van der Waals surface area contributed by atoms with Crippen molar-refractivity contribution < 1.29 is 64.0 Å². The summed E-state index contributed by atoms with van der Waals surface area (Å²) in [6.45, 7) is 16.3. The number of benzene rings is 2. The van der Waals surface area contributed by atoms with Crippen molar-refractivity contribution in [1.82, 2.24) is 0 Å². The minimum absolute atomic E-state index is 0.0407. The molecule has 1 fully saturated rings. The largest absolute Gasteiger partial charge is 0.506 e. The molecule has 5 atom stereocenters. The summed E-state index contributed by atoms with van der Waals surface area (Å²) in [7, 11) is 0. The number of Topliss-reactive ketones (excluding diaryl/α,β-unsaturated/α-hetero) is 1. The van der Waals surface area contributed by atoms with Crippen LogP contribution in [0.5, 0.6) is 28.7 Å². The van der Waals surface area contributed by atoms with Crippen LogP contribution in [0.25, 0.3) is 6.08 Å². The lowest BCUT2D eigenvalue weighted by molar-refractivity contribution is -0.184. The van der Waals surface area contributed by atoms with E-state index in [-0.39, 0.29) is 52.5 Å². The Hall–Kier alpha value is -5.86. The van der Waals surface area contributed by atoms with Crippen LogP contribution in [0.3, 0.4) is 0 Å². The Morgan fingerprint density at radius 2 is 1.58 bits per heavy atom. The molecule has 0 bridgehead atoms. The molecular weight excluding hydrogens is 799 g/mol. The molecule has 1 aliphatic carbocycles. The van der Waals surface area contributed by atoms with E-state index < -0.39 is 57.6 Å². The number of phenols is 3. The van der Waals surface area contributed by atoms with Gasteiger partial charge >= 0.3 is 17.9 Å².